The number of carboxylic acids is 1. The highest BCUT2D eigenvalue weighted by atomic mass is 79.9. The van der Waals surface area contributed by atoms with Crippen LogP contribution in [0.4, 0.5) is 10.5 Å². The van der Waals surface area contributed by atoms with Crippen LogP contribution in [0.1, 0.15) is 20.8 Å². The van der Waals surface area contributed by atoms with Gasteiger partial charge >= 0.3 is 12.0 Å². The van der Waals surface area contributed by atoms with Crippen LogP contribution in [-0.2, 0) is 6.54 Å². The minimum atomic E-state index is -1.10. The second-order valence-corrected chi connectivity index (χ2v) is 6.16. The Morgan fingerprint density at radius 3 is 2.71 bits per heavy atom. The van der Waals surface area contributed by atoms with Gasteiger partial charge in [-0.2, -0.15) is 0 Å². The van der Waals surface area contributed by atoms with Crippen LogP contribution in [0.25, 0.3) is 0 Å². The van der Waals surface area contributed by atoms with Crippen molar-refractivity contribution in [3.63, 3.8) is 0 Å². The van der Waals surface area contributed by atoms with Gasteiger partial charge in [-0.3, -0.25) is 0 Å². The minimum Gasteiger partial charge on any atom is -0.478 e. The van der Waals surface area contributed by atoms with E-state index in [1.165, 1.54) is 6.07 Å². The van der Waals surface area contributed by atoms with Gasteiger partial charge in [0.25, 0.3) is 0 Å². The molecule has 0 atom stereocenters. The number of hydrogen-bond acceptors (Lipinski definition) is 3. The molecule has 110 valence electrons. The molecule has 0 saturated heterocycles. The SMILES string of the molecule is Cc1ccsc1CNC(=O)Nc1c(Br)cccc1C(=O)O. The summed E-state index contributed by atoms with van der Waals surface area (Å²) in [4.78, 5) is 24.1. The van der Waals surface area contributed by atoms with Crippen molar-refractivity contribution in [1.29, 1.82) is 0 Å². The number of urea groups is 1. The highest BCUT2D eigenvalue weighted by molar-refractivity contribution is 9.10. The standard InChI is InChI=1S/C14H13BrN2O3S/c1-8-5-6-21-11(8)7-16-14(20)17-12-9(13(18)19)3-2-4-10(12)15/h2-6H,7H2,1H3,(H,18,19)(H2,16,17,20). The average Bonchev–Trinajstić information content (AvgIpc) is 2.84. The topological polar surface area (TPSA) is 78.4 Å². The van der Waals surface area contributed by atoms with Gasteiger partial charge in [-0.1, -0.05) is 6.07 Å². The van der Waals surface area contributed by atoms with Gasteiger partial charge in [-0.05, 0) is 52.0 Å². The van der Waals surface area contributed by atoms with Crippen LogP contribution < -0.4 is 10.6 Å². The van der Waals surface area contributed by atoms with E-state index in [1.54, 1.807) is 23.5 Å². The van der Waals surface area contributed by atoms with E-state index in [1.807, 2.05) is 18.4 Å². The average molecular weight is 369 g/mol. The maximum absolute atomic E-state index is 11.9. The molecule has 1 aromatic carbocycles. The van der Waals surface area contributed by atoms with Crippen LogP contribution in [0.5, 0.6) is 0 Å². The highest BCUT2D eigenvalue weighted by Gasteiger charge is 2.15. The summed E-state index contributed by atoms with van der Waals surface area (Å²) in [5.74, 6) is -1.10. The maximum Gasteiger partial charge on any atom is 0.337 e. The highest BCUT2D eigenvalue weighted by Crippen LogP contribution is 2.26. The van der Waals surface area contributed by atoms with Crippen molar-refractivity contribution in [3.8, 4) is 0 Å². The molecule has 3 N–H and O–H groups in total. The van der Waals surface area contributed by atoms with Crippen molar-refractivity contribution in [1.82, 2.24) is 5.32 Å². The van der Waals surface area contributed by atoms with Crippen LogP contribution >= 0.6 is 27.3 Å². The molecule has 0 aliphatic rings. The van der Waals surface area contributed by atoms with Gasteiger partial charge in [0, 0.05) is 9.35 Å². The number of halogens is 1. The lowest BCUT2D eigenvalue weighted by atomic mass is 10.2. The number of rotatable bonds is 4. The fraction of sp³-hybridized carbons (Fsp3) is 0.143. The third-order valence-electron chi connectivity index (χ3n) is 2.86. The fourth-order valence-corrected chi connectivity index (χ4v) is 3.04. The van der Waals surface area contributed by atoms with E-state index in [-0.39, 0.29) is 11.3 Å². The monoisotopic (exact) mass is 368 g/mol. The van der Waals surface area contributed by atoms with E-state index in [2.05, 4.69) is 26.6 Å². The van der Waals surface area contributed by atoms with E-state index in [0.717, 1.165) is 10.4 Å². The Labute approximate surface area is 134 Å². The van der Waals surface area contributed by atoms with E-state index < -0.39 is 12.0 Å². The summed E-state index contributed by atoms with van der Waals surface area (Å²) in [6.45, 7) is 2.38. The Bertz CT molecular complexity index is 685. The van der Waals surface area contributed by atoms with Gasteiger partial charge < -0.3 is 15.7 Å². The van der Waals surface area contributed by atoms with Crippen molar-refractivity contribution >= 4 is 45.0 Å². The van der Waals surface area contributed by atoms with Crippen molar-refractivity contribution in [2.24, 2.45) is 0 Å². The number of aromatic carboxylic acids is 1. The first kappa shape index (κ1) is 15.5. The number of amides is 2. The molecule has 2 rings (SSSR count). The predicted octanol–water partition coefficient (Wildman–Crippen LogP) is 3.84. The van der Waals surface area contributed by atoms with Crippen molar-refractivity contribution < 1.29 is 14.7 Å². The molecule has 0 spiro atoms. The molecule has 5 nitrogen and oxygen atoms in total. The lowest BCUT2D eigenvalue weighted by Crippen LogP contribution is -2.29. The quantitative estimate of drug-likeness (QED) is 0.766. The Morgan fingerprint density at radius 2 is 2.10 bits per heavy atom. The lowest BCUT2D eigenvalue weighted by molar-refractivity contribution is 0.0698. The van der Waals surface area contributed by atoms with Crippen molar-refractivity contribution in [3.05, 3.63) is 50.1 Å². The summed E-state index contributed by atoms with van der Waals surface area (Å²) in [5, 5.41) is 16.4. The zero-order valence-electron chi connectivity index (χ0n) is 11.1. The molecular weight excluding hydrogens is 356 g/mol. The van der Waals surface area contributed by atoms with Crippen molar-refractivity contribution in [2.75, 3.05) is 5.32 Å². The van der Waals surface area contributed by atoms with Crippen LogP contribution in [0.3, 0.4) is 0 Å². The van der Waals surface area contributed by atoms with Crippen LogP contribution in [0.2, 0.25) is 0 Å². The molecule has 0 aliphatic heterocycles. The van der Waals surface area contributed by atoms with Crippen LogP contribution in [0, 0.1) is 6.92 Å². The Hall–Kier alpha value is -1.86. The van der Waals surface area contributed by atoms with Gasteiger partial charge in [0.15, 0.2) is 0 Å². The molecule has 0 radical (unpaired) electrons. The van der Waals surface area contributed by atoms with Crippen LogP contribution in [0.15, 0.2) is 34.1 Å². The van der Waals surface area contributed by atoms with Gasteiger partial charge in [0.05, 0.1) is 17.8 Å². The molecule has 0 unspecified atom stereocenters. The smallest absolute Gasteiger partial charge is 0.337 e. The number of carboxylic acid groups (broad SMARTS) is 1. The summed E-state index contributed by atoms with van der Waals surface area (Å²) in [6.07, 6.45) is 0. The first-order valence-electron chi connectivity index (χ1n) is 6.08. The van der Waals surface area contributed by atoms with Crippen LogP contribution in [-0.4, -0.2) is 17.1 Å². The van der Waals surface area contributed by atoms with Gasteiger partial charge in [0.2, 0.25) is 0 Å². The zero-order chi connectivity index (χ0) is 15.4. The molecule has 0 bridgehead atoms. The number of benzene rings is 1. The number of nitrogens with one attached hydrogen (secondary N) is 2. The first-order chi connectivity index (χ1) is 9.99. The number of aryl methyl sites for hydroxylation is 1. The second-order valence-electron chi connectivity index (χ2n) is 4.30. The number of carbonyl (C=O) groups is 2. The van der Waals surface area contributed by atoms with Gasteiger partial charge in [-0.25, -0.2) is 9.59 Å². The zero-order valence-corrected chi connectivity index (χ0v) is 13.5. The molecule has 0 saturated carbocycles. The molecule has 21 heavy (non-hydrogen) atoms. The molecule has 2 amide bonds. The summed E-state index contributed by atoms with van der Waals surface area (Å²) in [6, 6.07) is 6.25. The predicted molar refractivity (Wildman–Crippen MR) is 86.0 cm³/mol. The number of para-hydroxylation sites is 1. The molecule has 7 heteroatoms. The number of carbonyl (C=O) groups excluding carboxylic acids is 1. The van der Waals surface area contributed by atoms with E-state index >= 15 is 0 Å². The fourth-order valence-electron chi connectivity index (χ4n) is 1.73. The molecular formula is C14H13BrN2O3S. The summed E-state index contributed by atoms with van der Waals surface area (Å²) in [7, 11) is 0. The molecule has 0 fully saturated rings. The van der Waals surface area contributed by atoms with Gasteiger partial charge in [-0.15, -0.1) is 11.3 Å². The number of anilines is 1. The molecule has 2 aromatic rings. The number of thiophene rings is 1. The summed E-state index contributed by atoms with van der Waals surface area (Å²) < 4.78 is 0.518. The third-order valence-corrected chi connectivity index (χ3v) is 4.54. The number of hydrogen-bond donors (Lipinski definition) is 3. The summed E-state index contributed by atoms with van der Waals surface area (Å²) >= 11 is 4.80. The Kier molecular flexibility index (Phi) is 4.98. The van der Waals surface area contributed by atoms with Gasteiger partial charge in [0.1, 0.15) is 0 Å². The summed E-state index contributed by atoms with van der Waals surface area (Å²) in [5.41, 5.74) is 1.39. The van der Waals surface area contributed by atoms with Crippen molar-refractivity contribution in [2.45, 2.75) is 13.5 Å². The Morgan fingerprint density at radius 1 is 1.33 bits per heavy atom. The lowest BCUT2D eigenvalue weighted by Gasteiger charge is -2.11. The first-order valence-corrected chi connectivity index (χ1v) is 7.76. The molecule has 1 aromatic heterocycles. The maximum atomic E-state index is 11.9. The molecule has 0 aliphatic carbocycles. The second kappa shape index (κ2) is 6.73. The molecule has 1 heterocycles. The normalized spacial score (nSPS) is 10.2. The van der Waals surface area contributed by atoms with E-state index in [0.29, 0.717) is 11.0 Å². The van der Waals surface area contributed by atoms with E-state index in [9.17, 15) is 9.59 Å². The Balaban J connectivity index is 2.06. The minimum absolute atomic E-state index is 0.0341. The largest absolute Gasteiger partial charge is 0.478 e. The third kappa shape index (κ3) is 3.83. The van der Waals surface area contributed by atoms with E-state index in [4.69, 9.17) is 5.11 Å².